The molecule has 3 aliphatic rings. The largest absolute Gasteiger partial charge is 0.465 e. The minimum Gasteiger partial charge on any atom is -0.465 e. The number of carbonyl (C=O) groups is 1. The zero-order chi connectivity index (χ0) is 28.1. The van der Waals surface area contributed by atoms with Crippen LogP contribution in [-0.2, 0) is 9.53 Å². The number of hydrogen-bond acceptors (Lipinski definition) is 5. The Morgan fingerprint density at radius 1 is 1.21 bits per heavy atom. The van der Waals surface area contributed by atoms with Gasteiger partial charge in [-0.25, -0.2) is 0 Å². The number of hydrogen-bond donors (Lipinski definition) is 3. The topological polar surface area (TPSA) is 87.0 Å². The van der Waals surface area contributed by atoms with E-state index in [1.807, 2.05) is 6.08 Å². The van der Waals surface area contributed by atoms with Gasteiger partial charge in [0.15, 0.2) is 0 Å². The quantitative estimate of drug-likeness (QED) is 0.173. The third kappa shape index (κ3) is 6.89. The molecule has 0 unspecified atom stereocenters. The maximum Gasteiger partial charge on any atom is 0.314 e. The second-order valence-electron chi connectivity index (χ2n) is 12.9. The molecule has 5 heteroatoms. The fourth-order valence-electron chi connectivity index (χ4n) is 7.09. The van der Waals surface area contributed by atoms with Crippen molar-refractivity contribution in [1.82, 2.24) is 0 Å². The highest BCUT2D eigenvalue weighted by molar-refractivity contribution is 5.77. The zero-order valence-corrected chi connectivity index (χ0v) is 24.4. The van der Waals surface area contributed by atoms with Crippen molar-refractivity contribution in [3.05, 3.63) is 47.6 Å². The van der Waals surface area contributed by atoms with Crippen molar-refractivity contribution in [2.24, 2.45) is 28.6 Å². The van der Waals surface area contributed by atoms with Crippen LogP contribution in [-0.4, -0.2) is 46.2 Å². The summed E-state index contributed by atoms with van der Waals surface area (Å²) in [6, 6.07) is 0. The zero-order valence-electron chi connectivity index (χ0n) is 24.4. The van der Waals surface area contributed by atoms with Gasteiger partial charge in [0, 0.05) is 6.42 Å². The van der Waals surface area contributed by atoms with Gasteiger partial charge >= 0.3 is 5.97 Å². The van der Waals surface area contributed by atoms with Crippen LogP contribution in [0.25, 0.3) is 0 Å². The fraction of sp³-hybridized carbons (Fsp3) is 0.727. The fourth-order valence-corrected chi connectivity index (χ4v) is 7.09. The van der Waals surface area contributed by atoms with Gasteiger partial charge in [0.2, 0.25) is 0 Å². The molecule has 3 rings (SSSR count). The van der Waals surface area contributed by atoms with E-state index in [1.54, 1.807) is 13.8 Å². The predicted molar refractivity (Wildman–Crippen MR) is 153 cm³/mol. The van der Waals surface area contributed by atoms with Gasteiger partial charge < -0.3 is 20.1 Å². The summed E-state index contributed by atoms with van der Waals surface area (Å²) in [6.45, 7) is 14.8. The Balaban J connectivity index is 1.67. The summed E-state index contributed by atoms with van der Waals surface area (Å²) in [7, 11) is 0. The van der Waals surface area contributed by atoms with Gasteiger partial charge in [-0.2, -0.15) is 0 Å². The molecule has 0 saturated heterocycles. The van der Waals surface area contributed by atoms with Gasteiger partial charge in [-0.3, -0.25) is 4.79 Å². The van der Waals surface area contributed by atoms with E-state index in [-0.39, 0.29) is 17.3 Å². The molecular formula is C33H52O5. The summed E-state index contributed by atoms with van der Waals surface area (Å²) in [6.07, 6.45) is 15.8. The molecular weight excluding hydrogens is 476 g/mol. The number of esters is 1. The van der Waals surface area contributed by atoms with Crippen molar-refractivity contribution in [1.29, 1.82) is 0 Å². The van der Waals surface area contributed by atoms with E-state index >= 15 is 0 Å². The average molecular weight is 529 g/mol. The Kier molecular flexibility index (Phi) is 10.6. The molecule has 3 fully saturated rings. The van der Waals surface area contributed by atoms with Crippen LogP contribution in [0.4, 0.5) is 0 Å². The van der Waals surface area contributed by atoms with Crippen molar-refractivity contribution in [3.63, 3.8) is 0 Å². The molecule has 0 aromatic carbocycles. The van der Waals surface area contributed by atoms with Crippen LogP contribution in [0.1, 0.15) is 98.8 Å². The Hall–Kier alpha value is -1.69. The molecule has 0 heterocycles. The molecule has 0 amide bonds. The second-order valence-corrected chi connectivity index (χ2v) is 12.9. The van der Waals surface area contributed by atoms with E-state index in [0.717, 1.165) is 56.1 Å². The molecule has 0 radical (unpaired) electrons. The summed E-state index contributed by atoms with van der Waals surface area (Å²) >= 11 is 0. The summed E-state index contributed by atoms with van der Waals surface area (Å²) in [5.41, 5.74) is 2.37. The Bertz CT molecular complexity index is 928. The lowest BCUT2D eigenvalue weighted by Crippen LogP contribution is -2.38. The SMILES string of the molecule is C=C1C(=CC=C2CCC[C@]3(C)[C@@H]([C@H](C)C=C[C@H](O)C(C)(C)C(=O)OCCCCC)CC[C@@H]23)C[C@@H](O)C[C@@H]1O. The number of aliphatic hydroxyl groups excluding tert-OH is 3. The lowest BCUT2D eigenvalue weighted by molar-refractivity contribution is -0.158. The first-order valence-corrected chi connectivity index (χ1v) is 14.9. The normalized spacial score (nSPS) is 34.1. The molecule has 38 heavy (non-hydrogen) atoms. The Morgan fingerprint density at radius 2 is 1.95 bits per heavy atom. The number of ether oxygens (including phenoxy) is 1. The molecule has 3 aliphatic carbocycles. The molecule has 0 aromatic heterocycles. The summed E-state index contributed by atoms with van der Waals surface area (Å²) < 4.78 is 5.44. The standard InChI is InChI=1S/C33H52O5/c1-7-8-9-19-38-31(37)32(4,5)30(36)17-12-22(2)27-15-16-28-24(11-10-18-33(27,28)6)13-14-25-20-26(34)21-29(35)23(25)3/h12-14,17,22,26-30,34-36H,3,7-11,15-16,18-21H2,1-2,4-6H3/t22-,26-,27-,28+,29+,30+,33-/m1/s1. The minimum absolute atomic E-state index is 0.188. The third-order valence-corrected chi connectivity index (χ3v) is 9.78. The predicted octanol–water partition coefficient (Wildman–Crippen LogP) is 6.44. The smallest absolute Gasteiger partial charge is 0.314 e. The summed E-state index contributed by atoms with van der Waals surface area (Å²) in [4.78, 5) is 12.6. The van der Waals surface area contributed by atoms with Gasteiger partial charge in [-0.1, -0.05) is 70.1 Å². The lowest BCUT2D eigenvalue weighted by Gasteiger charge is -2.44. The lowest BCUT2D eigenvalue weighted by atomic mass is 9.61. The molecule has 3 saturated carbocycles. The number of rotatable bonds is 10. The van der Waals surface area contributed by atoms with E-state index < -0.39 is 23.7 Å². The number of allylic oxidation sites excluding steroid dienone is 4. The Morgan fingerprint density at radius 3 is 2.66 bits per heavy atom. The van der Waals surface area contributed by atoms with Crippen molar-refractivity contribution in [2.45, 2.75) is 117 Å². The molecule has 5 nitrogen and oxygen atoms in total. The van der Waals surface area contributed by atoms with E-state index in [0.29, 0.717) is 31.3 Å². The second kappa shape index (κ2) is 13.1. The number of unbranched alkanes of at least 4 members (excludes halogenated alkanes) is 2. The molecule has 0 aliphatic heterocycles. The first kappa shape index (κ1) is 30.8. The van der Waals surface area contributed by atoms with Gasteiger partial charge in [-0.05, 0) is 93.1 Å². The van der Waals surface area contributed by atoms with Crippen LogP contribution in [0.2, 0.25) is 0 Å². The van der Waals surface area contributed by atoms with Crippen LogP contribution in [0.5, 0.6) is 0 Å². The highest BCUT2D eigenvalue weighted by Crippen LogP contribution is 2.59. The van der Waals surface area contributed by atoms with Crippen molar-refractivity contribution < 1.29 is 24.9 Å². The molecule has 214 valence electrons. The number of fused-ring (bicyclic) bond motifs is 1. The molecule has 3 N–H and O–H groups in total. The van der Waals surface area contributed by atoms with E-state index in [1.165, 1.54) is 12.0 Å². The first-order chi connectivity index (χ1) is 17.9. The third-order valence-electron chi connectivity index (χ3n) is 9.78. The summed E-state index contributed by atoms with van der Waals surface area (Å²) in [5, 5.41) is 31.2. The maximum atomic E-state index is 12.6. The average Bonchev–Trinajstić information content (AvgIpc) is 3.23. The number of carbonyl (C=O) groups excluding carboxylic acids is 1. The van der Waals surface area contributed by atoms with Crippen LogP contribution < -0.4 is 0 Å². The minimum atomic E-state index is -0.983. The molecule has 0 aromatic rings. The van der Waals surface area contributed by atoms with Gasteiger partial charge in [0.25, 0.3) is 0 Å². The van der Waals surface area contributed by atoms with Crippen LogP contribution in [0.15, 0.2) is 47.6 Å². The van der Waals surface area contributed by atoms with Crippen molar-refractivity contribution in [3.8, 4) is 0 Å². The van der Waals surface area contributed by atoms with Gasteiger partial charge in [0.1, 0.15) is 0 Å². The molecule has 0 spiro atoms. The highest BCUT2D eigenvalue weighted by Gasteiger charge is 2.50. The maximum absolute atomic E-state index is 12.6. The van der Waals surface area contributed by atoms with Crippen LogP contribution in [0.3, 0.4) is 0 Å². The highest BCUT2D eigenvalue weighted by atomic mass is 16.5. The number of aliphatic hydroxyl groups is 3. The molecule has 0 bridgehead atoms. The van der Waals surface area contributed by atoms with Crippen LogP contribution in [0, 0.1) is 28.6 Å². The Labute approximate surface area is 230 Å². The van der Waals surface area contributed by atoms with Crippen LogP contribution >= 0.6 is 0 Å². The summed E-state index contributed by atoms with van der Waals surface area (Å²) in [5.74, 6) is 0.963. The molecule has 7 atom stereocenters. The van der Waals surface area contributed by atoms with Gasteiger partial charge in [-0.15, -0.1) is 0 Å². The van der Waals surface area contributed by atoms with Crippen molar-refractivity contribution >= 4 is 5.97 Å². The van der Waals surface area contributed by atoms with E-state index in [4.69, 9.17) is 4.74 Å². The first-order valence-electron chi connectivity index (χ1n) is 14.9. The van der Waals surface area contributed by atoms with Gasteiger partial charge in [0.05, 0.1) is 30.3 Å². The monoisotopic (exact) mass is 528 g/mol. The van der Waals surface area contributed by atoms with E-state index in [2.05, 4.69) is 45.6 Å². The van der Waals surface area contributed by atoms with E-state index in [9.17, 15) is 20.1 Å². The van der Waals surface area contributed by atoms with Crippen molar-refractivity contribution in [2.75, 3.05) is 6.61 Å².